The van der Waals surface area contributed by atoms with Gasteiger partial charge < -0.3 is 0 Å². The summed E-state index contributed by atoms with van der Waals surface area (Å²) in [6.07, 6.45) is 0. The molecule has 0 heterocycles. The van der Waals surface area contributed by atoms with Gasteiger partial charge >= 0.3 is 188 Å². The van der Waals surface area contributed by atoms with Gasteiger partial charge in [0.1, 0.15) is 0 Å². The average Bonchev–Trinajstić information content (AvgIpc) is 2.40. The summed E-state index contributed by atoms with van der Waals surface area (Å²) in [4.78, 5) is 38.6. The van der Waals surface area contributed by atoms with Crippen molar-refractivity contribution < 1.29 is 136 Å². The van der Waals surface area contributed by atoms with Crippen molar-refractivity contribution in [3.05, 3.63) is 0 Å². The molecule has 0 aliphatic carbocycles. The molecule has 0 aliphatic heterocycles. The summed E-state index contributed by atoms with van der Waals surface area (Å²) in [5, 5.41) is 0. The van der Waals surface area contributed by atoms with Crippen molar-refractivity contribution in [3.63, 3.8) is 0 Å². The van der Waals surface area contributed by atoms with E-state index in [-0.39, 0.29) is 138 Å². The van der Waals surface area contributed by atoms with Crippen molar-refractivity contribution in [3.8, 4) is 0 Å². The van der Waals surface area contributed by atoms with E-state index >= 15 is 0 Å². The molecule has 0 rings (SSSR count). The molecule has 0 N–H and O–H groups in total. The Hall–Kier alpha value is 1.62. The second kappa shape index (κ2) is 29.6. The third kappa shape index (κ3) is 89.9. The number of hydrogen-bond donors (Lipinski definition) is 0. The third-order valence-corrected chi connectivity index (χ3v) is 7.13. The Labute approximate surface area is 192 Å². The van der Waals surface area contributed by atoms with E-state index in [2.05, 4.69) is 10.6 Å². The summed E-state index contributed by atoms with van der Waals surface area (Å²) in [5.74, 6) is -0.636. The predicted molar refractivity (Wildman–Crippen MR) is 53.8 cm³/mol. The maximum absolute atomic E-state index is 9.64. The van der Waals surface area contributed by atoms with Gasteiger partial charge in [0.15, 0.2) is 0 Å². The molecule has 0 bridgehead atoms. The molecular formula is C9H16Hg4O8. The molecule has 21 heavy (non-hydrogen) atoms. The molecule has 0 saturated heterocycles. The molecule has 0 aliphatic rings. The fraction of sp³-hybridized carbons (Fsp3) is 0.556. The zero-order valence-corrected chi connectivity index (χ0v) is 34.1. The van der Waals surface area contributed by atoms with Gasteiger partial charge in [-0.25, -0.2) is 0 Å². The molecule has 108 valence electrons. The Balaban J connectivity index is -0.0000000533. The first kappa shape index (κ1) is 34.1. The molecule has 0 spiro atoms. The normalized spacial score (nSPS) is 6.67. The van der Waals surface area contributed by atoms with E-state index in [9.17, 15) is 19.2 Å². The van der Waals surface area contributed by atoms with Crippen molar-refractivity contribution in [2.45, 2.75) is 35.1 Å². The van der Waals surface area contributed by atoms with Gasteiger partial charge in [0, 0.05) is 0 Å². The molecule has 8 nitrogen and oxygen atoms in total. The molecule has 0 saturated carbocycles. The fourth-order valence-electron chi connectivity index (χ4n) is 0. The standard InChI is InChI=1S/4C2H4O2.CH4.4Hg/c4*1-2(3)4;;;;;/h4*1H3,(H,3,4);1H4;;;;/q;;;;;4*+1/p-4. The Morgan fingerprint density at radius 2 is 0.571 bits per heavy atom. The Morgan fingerprint density at radius 1 is 0.524 bits per heavy atom. The minimum absolute atomic E-state index is 0. The predicted octanol–water partition coefficient (Wildman–Crippen LogP) is 0.681. The molecule has 0 amide bonds. The molecule has 0 aromatic rings. The average molecular weight is 1050 g/mol. The van der Waals surface area contributed by atoms with Crippen LogP contribution in [0.3, 0.4) is 0 Å². The SMILES string of the molecule is C.CC(=O)[O][Hg].CC(=O)[O][Hg].CC(=O)[O][Hg].CC(=O)[O][Hg]. The van der Waals surface area contributed by atoms with Crippen molar-refractivity contribution in [2.24, 2.45) is 0 Å². The molecule has 0 fully saturated rings. The molecule has 12 heteroatoms. The number of carbonyl (C=O) groups is 4. The third-order valence-electron chi connectivity index (χ3n) is 0.813. The van der Waals surface area contributed by atoms with Gasteiger partial charge in [-0.3, -0.25) is 0 Å². The summed E-state index contributed by atoms with van der Waals surface area (Å²) in [6, 6.07) is 0. The van der Waals surface area contributed by atoms with Crippen molar-refractivity contribution in [1.82, 2.24) is 0 Å². The van der Waals surface area contributed by atoms with Crippen LogP contribution in [0.4, 0.5) is 0 Å². The quantitative estimate of drug-likeness (QED) is 0.327. The fourth-order valence-corrected chi connectivity index (χ4v) is 0. The Bertz CT molecular complexity index is 229. The summed E-state index contributed by atoms with van der Waals surface area (Å²) in [7, 11) is 0. The van der Waals surface area contributed by atoms with Crippen LogP contribution in [0.5, 0.6) is 0 Å². The van der Waals surface area contributed by atoms with Gasteiger partial charge in [-0.1, -0.05) is 7.43 Å². The zero-order chi connectivity index (χ0) is 17.1. The second-order valence-corrected chi connectivity index (χ2v) is 7.03. The van der Waals surface area contributed by atoms with E-state index in [1.165, 1.54) is 27.7 Å². The van der Waals surface area contributed by atoms with Crippen LogP contribution in [0.2, 0.25) is 0 Å². The van der Waals surface area contributed by atoms with E-state index in [4.69, 9.17) is 0 Å². The molecule has 0 aromatic carbocycles. The van der Waals surface area contributed by atoms with Crippen LogP contribution in [0.25, 0.3) is 0 Å². The van der Waals surface area contributed by atoms with Gasteiger partial charge in [-0.05, 0) is 0 Å². The van der Waals surface area contributed by atoms with Crippen LogP contribution < -0.4 is 0 Å². The monoisotopic (exact) mass is 1060 g/mol. The first-order valence-electron chi connectivity index (χ1n) is 4.79. The summed E-state index contributed by atoms with van der Waals surface area (Å²) >= 11 is 0.775. The van der Waals surface area contributed by atoms with Crippen molar-refractivity contribution >= 4 is 23.9 Å². The van der Waals surface area contributed by atoms with E-state index < -0.39 is 0 Å². The van der Waals surface area contributed by atoms with Crippen molar-refractivity contribution in [1.29, 1.82) is 0 Å². The Morgan fingerprint density at radius 3 is 0.571 bits per heavy atom. The van der Waals surface area contributed by atoms with E-state index in [0.29, 0.717) is 0 Å². The summed E-state index contributed by atoms with van der Waals surface area (Å²) < 4.78 is 17.2. The van der Waals surface area contributed by atoms with E-state index in [1.807, 2.05) is 0 Å². The molecule has 0 aromatic heterocycles. The molecule has 0 radical (unpaired) electrons. The van der Waals surface area contributed by atoms with Gasteiger partial charge in [-0.15, -0.1) is 0 Å². The molecular weight excluding hydrogens is 1040 g/mol. The van der Waals surface area contributed by atoms with Gasteiger partial charge in [0.25, 0.3) is 0 Å². The van der Waals surface area contributed by atoms with Gasteiger partial charge in [-0.2, -0.15) is 0 Å². The molecule has 0 atom stereocenters. The number of rotatable bonds is 0. The second-order valence-electron chi connectivity index (χ2n) is 2.54. The van der Waals surface area contributed by atoms with Crippen LogP contribution >= 0.6 is 0 Å². The van der Waals surface area contributed by atoms with E-state index in [1.54, 1.807) is 0 Å². The summed E-state index contributed by atoms with van der Waals surface area (Å²) in [6.45, 7) is 5.64. The first-order valence-corrected chi connectivity index (χ1v) is 13.8. The van der Waals surface area contributed by atoms with Crippen LogP contribution in [0.15, 0.2) is 0 Å². The first-order chi connectivity index (χ1) is 9.08. The van der Waals surface area contributed by atoms with Crippen LogP contribution in [0.1, 0.15) is 35.1 Å². The van der Waals surface area contributed by atoms with Crippen molar-refractivity contribution in [2.75, 3.05) is 0 Å². The number of hydrogen-bond acceptors (Lipinski definition) is 8. The van der Waals surface area contributed by atoms with Gasteiger partial charge in [0.2, 0.25) is 0 Å². The van der Waals surface area contributed by atoms with Crippen LogP contribution in [0, 0.1) is 0 Å². The topological polar surface area (TPSA) is 105 Å². The van der Waals surface area contributed by atoms with Crippen LogP contribution in [-0.2, 0) is 136 Å². The molecule has 0 unspecified atom stereocenters. The van der Waals surface area contributed by atoms with Gasteiger partial charge in [0.05, 0.1) is 0 Å². The number of carbonyl (C=O) groups excluding carboxylic acids is 4. The minimum atomic E-state index is -0.159. The zero-order valence-electron chi connectivity index (χ0n) is 12.1. The Kier molecular flexibility index (Phi) is 48.0. The summed E-state index contributed by atoms with van der Waals surface area (Å²) in [5.41, 5.74) is 0. The van der Waals surface area contributed by atoms with E-state index in [0.717, 1.165) is 0 Å². The van der Waals surface area contributed by atoms with Crippen LogP contribution in [-0.4, -0.2) is 23.9 Å². The maximum atomic E-state index is 9.64.